The van der Waals surface area contributed by atoms with Crippen LogP contribution in [0.1, 0.15) is 59.7 Å². The average molecular weight is 431 g/mol. The molecular weight excluding hydrogens is 403 g/mol. The number of hydrogen-bond donors (Lipinski definition) is 2. The lowest BCUT2D eigenvalue weighted by molar-refractivity contribution is 0.0949. The van der Waals surface area contributed by atoms with Crippen LogP contribution in [0.3, 0.4) is 0 Å². The van der Waals surface area contributed by atoms with Crippen LogP contribution in [0.4, 0.5) is 0 Å². The molecule has 2 aromatic rings. The summed E-state index contributed by atoms with van der Waals surface area (Å²) < 4.78 is 0. The third-order valence-corrected chi connectivity index (χ3v) is 5.59. The molecule has 2 N–H and O–H groups in total. The van der Waals surface area contributed by atoms with Gasteiger partial charge in [-0.1, -0.05) is 54.4 Å². The van der Waals surface area contributed by atoms with Crippen LogP contribution in [0.15, 0.2) is 42.5 Å². The number of amides is 1. The first-order chi connectivity index (χ1) is 13.8. The quantitative estimate of drug-likeness (QED) is 0.539. The maximum atomic E-state index is 12.5. The molecule has 0 bridgehead atoms. The topological polar surface area (TPSA) is 41.1 Å². The molecule has 5 heteroatoms. The molecule has 0 spiro atoms. The molecule has 2 unspecified atom stereocenters. The van der Waals surface area contributed by atoms with Gasteiger partial charge in [-0.2, -0.15) is 0 Å². The normalized spacial score (nSPS) is 16.0. The standard InChI is InChI=1S/C24H28Cl2N2O/c1-15(19-11-20(25)13-21(26)12-19)4-5-18-6-9-23(16(2)10-18)24(29)27-14-17(3)28-22-7-8-22/h4-6,9-13,15,17,22,28H,7-8,14H2,1-3H3,(H,27,29)/b5-4-. The maximum Gasteiger partial charge on any atom is 0.251 e. The number of carbonyl (C=O) groups excluding carboxylic acids is 1. The van der Waals surface area contributed by atoms with Gasteiger partial charge in [0.2, 0.25) is 0 Å². The lowest BCUT2D eigenvalue weighted by atomic mass is 9.98. The van der Waals surface area contributed by atoms with Gasteiger partial charge in [-0.05, 0) is 73.6 Å². The second kappa shape index (κ2) is 9.80. The number of allylic oxidation sites excluding steroid dienone is 1. The van der Waals surface area contributed by atoms with E-state index in [1.807, 2.05) is 37.3 Å². The molecule has 0 radical (unpaired) electrons. The Balaban J connectivity index is 1.60. The SMILES string of the molecule is Cc1cc(/C=C\C(C)c2cc(Cl)cc(Cl)c2)ccc1C(=O)NCC(C)NC1CC1. The molecule has 3 nitrogen and oxygen atoms in total. The molecule has 3 rings (SSSR count). The van der Waals surface area contributed by atoms with Crippen molar-refractivity contribution in [2.45, 2.75) is 51.6 Å². The first-order valence-corrected chi connectivity index (χ1v) is 10.9. The third kappa shape index (κ3) is 6.60. The second-order valence-electron chi connectivity index (χ2n) is 7.98. The zero-order valence-electron chi connectivity index (χ0n) is 17.1. The van der Waals surface area contributed by atoms with Crippen molar-refractivity contribution in [3.8, 4) is 0 Å². The van der Waals surface area contributed by atoms with Crippen molar-refractivity contribution in [1.82, 2.24) is 10.6 Å². The number of hydrogen-bond acceptors (Lipinski definition) is 2. The highest BCUT2D eigenvalue weighted by Gasteiger charge is 2.22. The van der Waals surface area contributed by atoms with Gasteiger partial charge in [-0.3, -0.25) is 4.79 Å². The Morgan fingerprint density at radius 2 is 1.83 bits per heavy atom. The lowest BCUT2D eigenvalue weighted by Gasteiger charge is -2.15. The largest absolute Gasteiger partial charge is 0.350 e. The lowest BCUT2D eigenvalue weighted by Crippen LogP contribution is -2.40. The van der Waals surface area contributed by atoms with Crippen LogP contribution in [0.25, 0.3) is 6.08 Å². The minimum atomic E-state index is -0.0237. The second-order valence-corrected chi connectivity index (χ2v) is 8.85. The first kappa shape index (κ1) is 21.9. The van der Waals surface area contributed by atoms with E-state index in [0.717, 1.165) is 22.3 Å². The van der Waals surface area contributed by atoms with Crippen molar-refractivity contribution in [3.05, 3.63) is 74.8 Å². The number of aryl methyl sites for hydroxylation is 1. The van der Waals surface area contributed by atoms with Crippen LogP contribution in [0.2, 0.25) is 10.0 Å². The van der Waals surface area contributed by atoms with Gasteiger partial charge in [0.1, 0.15) is 0 Å². The highest BCUT2D eigenvalue weighted by molar-refractivity contribution is 6.34. The van der Waals surface area contributed by atoms with Crippen molar-refractivity contribution < 1.29 is 4.79 Å². The molecule has 29 heavy (non-hydrogen) atoms. The summed E-state index contributed by atoms with van der Waals surface area (Å²) in [5.74, 6) is 0.152. The van der Waals surface area contributed by atoms with Crippen LogP contribution < -0.4 is 10.6 Å². The Bertz CT molecular complexity index is 885. The summed E-state index contributed by atoms with van der Waals surface area (Å²) in [5, 5.41) is 7.80. The van der Waals surface area contributed by atoms with E-state index in [2.05, 4.69) is 36.6 Å². The molecule has 1 saturated carbocycles. The van der Waals surface area contributed by atoms with E-state index in [-0.39, 0.29) is 17.9 Å². The molecular formula is C24H28Cl2N2O. The van der Waals surface area contributed by atoms with E-state index in [1.165, 1.54) is 12.8 Å². The Hall–Kier alpha value is -1.81. The smallest absolute Gasteiger partial charge is 0.251 e. The fourth-order valence-corrected chi connectivity index (χ4v) is 3.85. The van der Waals surface area contributed by atoms with Crippen molar-refractivity contribution in [2.24, 2.45) is 0 Å². The highest BCUT2D eigenvalue weighted by atomic mass is 35.5. The van der Waals surface area contributed by atoms with E-state index >= 15 is 0 Å². The van der Waals surface area contributed by atoms with Crippen LogP contribution in [0, 0.1) is 6.92 Å². The highest BCUT2D eigenvalue weighted by Crippen LogP contribution is 2.26. The van der Waals surface area contributed by atoms with E-state index in [0.29, 0.717) is 22.6 Å². The minimum Gasteiger partial charge on any atom is -0.350 e. The molecule has 2 aromatic carbocycles. The minimum absolute atomic E-state index is 0.0237. The number of benzene rings is 2. The summed E-state index contributed by atoms with van der Waals surface area (Å²) in [6.07, 6.45) is 6.67. The van der Waals surface area contributed by atoms with E-state index in [4.69, 9.17) is 23.2 Å². The predicted octanol–water partition coefficient (Wildman–Crippen LogP) is 5.99. The number of rotatable bonds is 8. The number of nitrogens with one attached hydrogen (secondary N) is 2. The predicted molar refractivity (Wildman–Crippen MR) is 123 cm³/mol. The van der Waals surface area contributed by atoms with Gasteiger partial charge in [0.25, 0.3) is 5.91 Å². The zero-order chi connectivity index (χ0) is 21.0. The Labute approximate surface area is 183 Å². The Morgan fingerprint density at radius 3 is 2.45 bits per heavy atom. The van der Waals surface area contributed by atoms with Crippen LogP contribution in [-0.4, -0.2) is 24.5 Å². The summed E-state index contributed by atoms with van der Waals surface area (Å²) >= 11 is 12.2. The molecule has 0 aromatic heterocycles. The fourth-order valence-electron chi connectivity index (χ4n) is 3.30. The average Bonchev–Trinajstić information content (AvgIpc) is 3.47. The first-order valence-electron chi connectivity index (χ1n) is 10.1. The van der Waals surface area contributed by atoms with Gasteiger partial charge >= 0.3 is 0 Å². The summed E-state index contributed by atoms with van der Waals surface area (Å²) in [7, 11) is 0. The molecule has 154 valence electrons. The van der Waals surface area contributed by atoms with Crippen molar-refractivity contribution in [2.75, 3.05) is 6.54 Å². The van der Waals surface area contributed by atoms with Gasteiger partial charge < -0.3 is 10.6 Å². The summed E-state index contributed by atoms with van der Waals surface area (Å²) in [6.45, 7) is 6.81. The van der Waals surface area contributed by atoms with Crippen molar-refractivity contribution in [1.29, 1.82) is 0 Å². The molecule has 0 aliphatic heterocycles. The van der Waals surface area contributed by atoms with Gasteiger partial charge in [-0.25, -0.2) is 0 Å². The van der Waals surface area contributed by atoms with Crippen LogP contribution >= 0.6 is 23.2 Å². The van der Waals surface area contributed by atoms with Gasteiger partial charge in [0, 0.05) is 34.2 Å². The molecule has 0 heterocycles. The Morgan fingerprint density at radius 1 is 1.14 bits per heavy atom. The summed E-state index contributed by atoms with van der Waals surface area (Å²) in [4.78, 5) is 12.5. The molecule has 1 amide bonds. The van der Waals surface area contributed by atoms with Gasteiger partial charge in [-0.15, -0.1) is 0 Å². The summed E-state index contributed by atoms with van der Waals surface area (Å²) in [6, 6.07) is 12.4. The third-order valence-electron chi connectivity index (χ3n) is 5.15. The van der Waals surface area contributed by atoms with E-state index in [9.17, 15) is 4.79 Å². The number of carbonyl (C=O) groups is 1. The molecule has 0 saturated heterocycles. The van der Waals surface area contributed by atoms with Crippen molar-refractivity contribution >= 4 is 35.2 Å². The molecule has 1 aliphatic rings. The summed E-state index contributed by atoms with van der Waals surface area (Å²) in [5.41, 5.74) is 3.81. The molecule has 1 fully saturated rings. The van der Waals surface area contributed by atoms with E-state index < -0.39 is 0 Å². The maximum absolute atomic E-state index is 12.5. The zero-order valence-corrected chi connectivity index (χ0v) is 18.6. The molecule has 2 atom stereocenters. The van der Waals surface area contributed by atoms with Crippen molar-refractivity contribution in [3.63, 3.8) is 0 Å². The monoisotopic (exact) mass is 430 g/mol. The van der Waals surface area contributed by atoms with Crippen LogP contribution in [-0.2, 0) is 0 Å². The molecule has 1 aliphatic carbocycles. The Kier molecular flexibility index (Phi) is 7.39. The van der Waals surface area contributed by atoms with Gasteiger partial charge in [0.05, 0.1) is 0 Å². The fraction of sp³-hybridized carbons (Fsp3) is 0.375. The van der Waals surface area contributed by atoms with Crippen LogP contribution in [0.5, 0.6) is 0 Å². The number of halogens is 2. The van der Waals surface area contributed by atoms with E-state index in [1.54, 1.807) is 6.07 Å². The van der Waals surface area contributed by atoms with Gasteiger partial charge in [0.15, 0.2) is 0 Å².